The monoisotopic (exact) mass is 571 g/mol. The average molecular weight is 572 g/mol. The Morgan fingerprint density at radius 3 is 2.53 bits per heavy atom. The Kier molecular flexibility index (Phi) is 8.35. The lowest BCUT2D eigenvalue weighted by Crippen LogP contribution is -2.27. The Morgan fingerprint density at radius 2 is 1.84 bits per heavy atom. The third kappa shape index (κ3) is 6.52. The zero-order chi connectivity index (χ0) is 27.4. The van der Waals surface area contributed by atoms with E-state index in [2.05, 4.69) is 5.32 Å². The zero-order valence-corrected chi connectivity index (χ0v) is 22.1. The van der Waals surface area contributed by atoms with E-state index in [1.807, 2.05) is 6.92 Å². The molecule has 0 aliphatic carbocycles. The minimum Gasteiger partial charge on any atom is -0.483 e. The van der Waals surface area contributed by atoms with Gasteiger partial charge in [0.1, 0.15) is 5.75 Å². The molecule has 1 aliphatic heterocycles. The highest BCUT2D eigenvalue weighted by atomic mass is 35.5. The summed E-state index contributed by atoms with van der Waals surface area (Å²) in [5.74, 6) is -0.666. The molecule has 194 valence electrons. The highest BCUT2D eigenvalue weighted by molar-refractivity contribution is 8.18. The molecule has 3 amide bonds. The number of amides is 3. The summed E-state index contributed by atoms with van der Waals surface area (Å²) in [5.41, 5.74) is 2.28. The molecule has 0 bridgehead atoms. The predicted octanol–water partition coefficient (Wildman–Crippen LogP) is 6.46. The van der Waals surface area contributed by atoms with Crippen LogP contribution in [0.1, 0.15) is 16.7 Å². The number of benzene rings is 3. The molecule has 0 atom stereocenters. The smallest absolute Gasteiger partial charge is 0.293 e. The summed E-state index contributed by atoms with van der Waals surface area (Å²) < 4.78 is 5.68. The van der Waals surface area contributed by atoms with E-state index in [-0.39, 0.29) is 29.5 Å². The summed E-state index contributed by atoms with van der Waals surface area (Å²) >= 11 is 13.0. The lowest BCUT2D eigenvalue weighted by atomic mass is 10.1. The van der Waals surface area contributed by atoms with Gasteiger partial charge >= 0.3 is 0 Å². The van der Waals surface area contributed by atoms with E-state index < -0.39 is 22.0 Å². The van der Waals surface area contributed by atoms with Crippen molar-refractivity contribution >= 4 is 69.5 Å². The van der Waals surface area contributed by atoms with E-state index in [0.717, 1.165) is 22.2 Å². The number of nitrogens with one attached hydrogen (secondary N) is 1. The summed E-state index contributed by atoms with van der Waals surface area (Å²) in [6.07, 6.45) is 1.47. The maximum Gasteiger partial charge on any atom is 0.293 e. The van der Waals surface area contributed by atoms with Crippen molar-refractivity contribution < 1.29 is 24.0 Å². The van der Waals surface area contributed by atoms with Crippen LogP contribution in [0.25, 0.3) is 6.08 Å². The van der Waals surface area contributed by atoms with E-state index in [4.69, 9.17) is 27.9 Å². The predicted molar refractivity (Wildman–Crippen MR) is 146 cm³/mol. The molecule has 1 N–H and O–H groups in total. The number of nitro groups is 1. The second kappa shape index (κ2) is 11.7. The first-order valence-corrected chi connectivity index (χ1v) is 12.6. The van der Waals surface area contributed by atoms with E-state index in [0.29, 0.717) is 26.9 Å². The summed E-state index contributed by atoms with van der Waals surface area (Å²) in [6.45, 7) is 1.49. The van der Waals surface area contributed by atoms with Gasteiger partial charge in [0.15, 0.2) is 6.61 Å². The minimum absolute atomic E-state index is 0.0396. The Bertz CT molecular complexity index is 1480. The van der Waals surface area contributed by atoms with Crippen molar-refractivity contribution in [3.8, 4) is 5.75 Å². The lowest BCUT2D eigenvalue weighted by molar-refractivity contribution is -0.384. The van der Waals surface area contributed by atoms with Crippen molar-refractivity contribution in [1.29, 1.82) is 0 Å². The largest absolute Gasteiger partial charge is 0.483 e. The summed E-state index contributed by atoms with van der Waals surface area (Å²) in [6, 6.07) is 15.4. The van der Waals surface area contributed by atoms with Gasteiger partial charge in [-0.05, 0) is 66.2 Å². The van der Waals surface area contributed by atoms with Gasteiger partial charge in [0.25, 0.3) is 22.7 Å². The van der Waals surface area contributed by atoms with Crippen LogP contribution in [0.2, 0.25) is 10.0 Å². The quantitative estimate of drug-likeness (QED) is 0.187. The fourth-order valence-electron chi connectivity index (χ4n) is 3.46. The number of nitro benzene ring substituents is 1. The number of ether oxygens (including phenoxy) is 1. The second-order valence-electron chi connectivity index (χ2n) is 8.17. The van der Waals surface area contributed by atoms with Crippen LogP contribution in [0.15, 0.2) is 65.6 Å². The number of halogens is 2. The summed E-state index contributed by atoms with van der Waals surface area (Å²) in [7, 11) is 0. The maximum atomic E-state index is 13.0. The van der Waals surface area contributed by atoms with Gasteiger partial charge in [-0.1, -0.05) is 41.4 Å². The molecule has 0 spiro atoms. The van der Waals surface area contributed by atoms with Gasteiger partial charge in [-0.25, -0.2) is 0 Å². The molecule has 9 nitrogen and oxygen atoms in total. The van der Waals surface area contributed by atoms with Gasteiger partial charge in [0, 0.05) is 33.4 Å². The molecule has 1 saturated heterocycles. The van der Waals surface area contributed by atoms with Crippen LogP contribution >= 0.6 is 35.0 Å². The molecule has 0 radical (unpaired) electrons. The third-order valence-electron chi connectivity index (χ3n) is 5.43. The number of imide groups is 1. The van der Waals surface area contributed by atoms with Crippen LogP contribution in [0.4, 0.5) is 16.2 Å². The number of rotatable bonds is 8. The molecule has 3 aromatic rings. The van der Waals surface area contributed by atoms with Crippen LogP contribution in [0.3, 0.4) is 0 Å². The van der Waals surface area contributed by atoms with Crippen molar-refractivity contribution in [3.05, 3.63) is 102 Å². The van der Waals surface area contributed by atoms with E-state index >= 15 is 0 Å². The van der Waals surface area contributed by atoms with E-state index in [1.165, 1.54) is 30.3 Å². The number of anilines is 1. The van der Waals surface area contributed by atoms with Crippen molar-refractivity contribution in [3.63, 3.8) is 0 Å². The standard InChI is InChI=1S/C26H19Cl2N3O6S/c1-15-2-6-19(12-21(15)28)29-24(32)14-37-22-9-5-18(27)10-17(22)11-23-25(33)30(26(34)38-23)13-16-3-7-20(8-4-16)31(35)36/h2-12H,13-14H2,1H3,(H,29,32)/b23-11-. The van der Waals surface area contributed by atoms with Crippen LogP contribution in [-0.2, 0) is 16.1 Å². The summed E-state index contributed by atoms with van der Waals surface area (Å²) in [5, 5.41) is 13.9. The first-order valence-electron chi connectivity index (χ1n) is 11.1. The number of thioether (sulfide) groups is 1. The van der Waals surface area contributed by atoms with Crippen molar-refractivity contribution in [2.24, 2.45) is 0 Å². The zero-order valence-electron chi connectivity index (χ0n) is 19.8. The Morgan fingerprint density at radius 1 is 1.11 bits per heavy atom. The molecule has 38 heavy (non-hydrogen) atoms. The SMILES string of the molecule is Cc1ccc(NC(=O)COc2ccc(Cl)cc2/C=C2\SC(=O)N(Cc3ccc([N+](=O)[O-])cc3)C2=O)cc1Cl. The average Bonchev–Trinajstić information content (AvgIpc) is 3.13. The van der Waals surface area contributed by atoms with Crippen LogP contribution < -0.4 is 10.1 Å². The van der Waals surface area contributed by atoms with Gasteiger partial charge in [-0.3, -0.25) is 29.4 Å². The second-order valence-corrected chi connectivity index (χ2v) is 10.0. The number of hydrogen-bond acceptors (Lipinski definition) is 7. The highest BCUT2D eigenvalue weighted by Crippen LogP contribution is 2.36. The number of hydrogen-bond donors (Lipinski definition) is 1. The number of non-ortho nitro benzene ring substituents is 1. The molecule has 1 fully saturated rings. The molecule has 0 saturated carbocycles. The Balaban J connectivity index is 1.46. The highest BCUT2D eigenvalue weighted by Gasteiger charge is 2.35. The van der Waals surface area contributed by atoms with Crippen LogP contribution in [-0.4, -0.2) is 33.5 Å². The number of nitrogens with zero attached hydrogens (tertiary/aromatic N) is 2. The van der Waals surface area contributed by atoms with Crippen molar-refractivity contribution in [2.75, 3.05) is 11.9 Å². The molecule has 0 aromatic heterocycles. The Labute approximate surface area is 231 Å². The van der Waals surface area contributed by atoms with Crippen LogP contribution in [0.5, 0.6) is 5.75 Å². The third-order valence-corrected chi connectivity index (χ3v) is 6.98. The topological polar surface area (TPSA) is 119 Å². The van der Waals surface area contributed by atoms with Gasteiger partial charge in [-0.15, -0.1) is 0 Å². The molecule has 1 aliphatic rings. The fraction of sp³-hybridized carbons (Fsp3) is 0.115. The lowest BCUT2D eigenvalue weighted by Gasteiger charge is -2.12. The number of carbonyl (C=O) groups is 3. The molecule has 0 unspecified atom stereocenters. The first kappa shape index (κ1) is 27.2. The molecule has 12 heteroatoms. The van der Waals surface area contributed by atoms with E-state index in [1.54, 1.807) is 36.4 Å². The molecule has 3 aromatic carbocycles. The van der Waals surface area contributed by atoms with E-state index in [9.17, 15) is 24.5 Å². The molecular weight excluding hydrogens is 553 g/mol. The number of aryl methyl sites for hydroxylation is 1. The van der Waals surface area contributed by atoms with Crippen molar-refractivity contribution in [1.82, 2.24) is 4.90 Å². The van der Waals surface area contributed by atoms with Gasteiger partial charge < -0.3 is 10.1 Å². The number of carbonyl (C=O) groups excluding carboxylic acids is 3. The molecule has 1 heterocycles. The normalized spacial score (nSPS) is 14.2. The molecule has 4 rings (SSSR count). The van der Waals surface area contributed by atoms with Gasteiger partial charge in [0.05, 0.1) is 16.4 Å². The maximum absolute atomic E-state index is 13.0. The fourth-order valence-corrected chi connectivity index (χ4v) is 4.65. The van der Waals surface area contributed by atoms with Crippen LogP contribution in [0, 0.1) is 17.0 Å². The first-order chi connectivity index (χ1) is 18.1. The Hall–Kier alpha value is -3.86. The van der Waals surface area contributed by atoms with Crippen molar-refractivity contribution in [2.45, 2.75) is 13.5 Å². The minimum atomic E-state index is -0.529. The van der Waals surface area contributed by atoms with Gasteiger partial charge in [0.2, 0.25) is 0 Å². The van der Waals surface area contributed by atoms with Gasteiger partial charge in [-0.2, -0.15) is 0 Å². The molecular formula is C26H19Cl2N3O6S. The summed E-state index contributed by atoms with van der Waals surface area (Å²) in [4.78, 5) is 49.4.